The van der Waals surface area contributed by atoms with Crippen molar-refractivity contribution in [2.75, 3.05) is 26.4 Å². The molecule has 0 aromatic rings. The zero-order chi connectivity index (χ0) is 12.8. The van der Waals surface area contributed by atoms with E-state index >= 15 is 0 Å². The first-order chi connectivity index (χ1) is 8.74. The molecule has 2 aliphatic rings. The summed E-state index contributed by atoms with van der Waals surface area (Å²) in [6.07, 6.45) is 5.47. The zero-order valence-corrected chi connectivity index (χ0v) is 11.0. The van der Waals surface area contributed by atoms with Gasteiger partial charge in [0, 0.05) is 32.8 Å². The first-order valence-electron chi connectivity index (χ1n) is 6.94. The monoisotopic (exact) mass is 256 g/mol. The summed E-state index contributed by atoms with van der Waals surface area (Å²) >= 11 is 0. The third kappa shape index (κ3) is 3.67. The molecule has 0 bridgehead atoms. The van der Waals surface area contributed by atoms with E-state index in [9.17, 15) is 4.79 Å². The van der Waals surface area contributed by atoms with E-state index in [0.717, 1.165) is 38.7 Å². The van der Waals surface area contributed by atoms with Crippen LogP contribution in [0.15, 0.2) is 0 Å². The van der Waals surface area contributed by atoms with Crippen LogP contribution in [-0.4, -0.2) is 43.9 Å². The summed E-state index contributed by atoms with van der Waals surface area (Å²) < 4.78 is 10.8. The second-order valence-corrected chi connectivity index (χ2v) is 5.32. The lowest BCUT2D eigenvalue weighted by atomic mass is 9.90. The SMILES string of the molecule is NCC1(NC(=O)CCC2CCCO2)CCOCC1. The van der Waals surface area contributed by atoms with Gasteiger partial charge in [-0.1, -0.05) is 0 Å². The summed E-state index contributed by atoms with van der Waals surface area (Å²) in [6.45, 7) is 2.70. The summed E-state index contributed by atoms with van der Waals surface area (Å²) in [7, 11) is 0. The van der Waals surface area contributed by atoms with Gasteiger partial charge in [0.1, 0.15) is 0 Å². The second-order valence-electron chi connectivity index (χ2n) is 5.32. The van der Waals surface area contributed by atoms with Crippen LogP contribution in [0.3, 0.4) is 0 Å². The molecule has 5 nitrogen and oxygen atoms in total. The molecule has 0 aliphatic carbocycles. The largest absolute Gasteiger partial charge is 0.381 e. The number of carbonyl (C=O) groups is 1. The molecular formula is C13H24N2O3. The van der Waals surface area contributed by atoms with Crippen LogP contribution in [-0.2, 0) is 14.3 Å². The van der Waals surface area contributed by atoms with Crippen LogP contribution in [0.1, 0.15) is 38.5 Å². The average molecular weight is 256 g/mol. The number of rotatable bonds is 5. The van der Waals surface area contributed by atoms with Crippen LogP contribution in [0.4, 0.5) is 0 Å². The predicted molar refractivity (Wildman–Crippen MR) is 68.2 cm³/mol. The molecule has 2 saturated heterocycles. The van der Waals surface area contributed by atoms with Crippen molar-refractivity contribution in [3.05, 3.63) is 0 Å². The zero-order valence-electron chi connectivity index (χ0n) is 11.0. The summed E-state index contributed by atoms with van der Waals surface area (Å²) in [5.41, 5.74) is 5.57. The van der Waals surface area contributed by atoms with Gasteiger partial charge in [-0.15, -0.1) is 0 Å². The van der Waals surface area contributed by atoms with Gasteiger partial charge in [-0.05, 0) is 32.1 Å². The van der Waals surface area contributed by atoms with Gasteiger partial charge >= 0.3 is 0 Å². The molecule has 0 radical (unpaired) electrons. The molecule has 2 heterocycles. The second kappa shape index (κ2) is 6.50. The Balaban J connectivity index is 1.74. The molecule has 2 rings (SSSR count). The Morgan fingerprint density at radius 2 is 2.11 bits per heavy atom. The number of nitrogens with one attached hydrogen (secondary N) is 1. The number of hydrogen-bond donors (Lipinski definition) is 2. The quantitative estimate of drug-likeness (QED) is 0.754. The van der Waals surface area contributed by atoms with E-state index in [-0.39, 0.29) is 17.6 Å². The lowest BCUT2D eigenvalue weighted by Gasteiger charge is -2.37. The van der Waals surface area contributed by atoms with Crippen molar-refractivity contribution < 1.29 is 14.3 Å². The standard InChI is InChI=1S/C13H24N2O3/c14-10-13(5-8-17-9-6-13)15-12(16)4-3-11-2-1-7-18-11/h11H,1-10,14H2,(H,15,16). The van der Waals surface area contributed by atoms with Crippen molar-refractivity contribution in [2.24, 2.45) is 5.73 Å². The fourth-order valence-corrected chi connectivity index (χ4v) is 2.66. The van der Waals surface area contributed by atoms with Gasteiger partial charge in [0.25, 0.3) is 0 Å². The average Bonchev–Trinajstić information content (AvgIpc) is 2.91. The fourth-order valence-electron chi connectivity index (χ4n) is 2.66. The van der Waals surface area contributed by atoms with Gasteiger partial charge in [0.2, 0.25) is 5.91 Å². The third-order valence-electron chi connectivity index (χ3n) is 3.96. The van der Waals surface area contributed by atoms with Crippen LogP contribution in [0.2, 0.25) is 0 Å². The van der Waals surface area contributed by atoms with E-state index in [1.54, 1.807) is 0 Å². The molecule has 0 spiro atoms. The Kier molecular flexibility index (Phi) is 4.97. The highest BCUT2D eigenvalue weighted by Gasteiger charge is 2.32. The van der Waals surface area contributed by atoms with Crippen LogP contribution >= 0.6 is 0 Å². The van der Waals surface area contributed by atoms with Crippen molar-refractivity contribution in [1.82, 2.24) is 5.32 Å². The highest BCUT2D eigenvalue weighted by Crippen LogP contribution is 2.21. The van der Waals surface area contributed by atoms with E-state index < -0.39 is 0 Å². The Bertz CT molecular complexity index is 271. The van der Waals surface area contributed by atoms with Crippen molar-refractivity contribution in [2.45, 2.75) is 50.2 Å². The molecule has 5 heteroatoms. The minimum absolute atomic E-state index is 0.0952. The lowest BCUT2D eigenvalue weighted by molar-refractivity contribution is -0.124. The molecule has 0 aromatic carbocycles. The molecule has 3 N–H and O–H groups in total. The maximum atomic E-state index is 12.0. The smallest absolute Gasteiger partial charge is 0.220 e. The van der Waals surface area contributed by atoms with Gasteiger partial charge in [0.15, 0.2) is 0 Å². The first-order valence-corrected chi connectivity index (χ1v) is 6.94. The summed E-state index contributed by atoms with van der Waals surface area (Å²) in [6, 6.07) is 0. The van der Waals surface area contributed by atoms with Crippen LogP contribution < -0.4 is 11.1 Å². The predicted octanol–water partition coefficient (Wildman–Crippen LogP) is 0.570. The molecule has 18 heavy (non-hydrogen) atoms. The Morgan fingerprint density at radius 1 is 1.33 bits per heavy atom. The molecule has 0 saturated carbocycles. The van der Waals surface area contributed by atoms with E-state index in [1.165, 1.54) is 0 Å². The number of nitrogens with two attached hydrogens (primary N) is 1. The van der Waals surface area contributed by atoms with E-state index in [2.05, 4.69) is 5.32 Å². The van der Waals surface area contributed by atoms with Crippen LogP contribution in [0.5, 0.6) is 0 Å². The van der Waals surface area contributed by atoms with Gasteiger partial charge < -0.3 is 20.5 Å². The van der Waals surface area contributed by atoms with Crippen LogP contribution in [0.25, 0.3) is 0 Å². The number of ether oxygens (including phenoxy) is 2. The molecule has 104 valence electrons. The summed E-state index contributed by atoms with van der Waals surface area (Å²) in [5.74, 6) is 0.0952. The lowest BCUT2D eigenvalue weighted by Crippen LogP contribution is -2.56. The van der Waals surface area contributed by atoms with Gasteiger partial charge in [-0.25, -0.2) is 0 Å². The Hall–Kier alpha value is -0.650. The van der Waals surface area contributed by atoms with E-state index in [1.807, 2.05) is 0 Å². The van der Waals surface area contributed by atoms with Gasteiger partial charge in [-0.3, -0.25) is 4.79 Å². The molecule has 2 fully saturated rings. The number of hydrogen-bond acceptors (Lipinski definition) is 4. The third-order valence-corrected chi connectivity index (χ3v) is 3.96. The van der Waals surface area contributed by atoms with Crippen LogP contribution in [0, 0.1) is 0 Å². The fraction of sp³-hybridized carbons (Fsp3) is 0.923. The van der Waals surface area contributed by atoms with Crippen molar-refractivity contribution in [3.8, 4) is 0 Å². The molecule has 1 amide bonds. The first kappa shape index (κ1) is 13.8. The minimum Gasteiger partial charge on any atom is -0.381 e. The minimum atomic E-state index is -0.244. The molecular weight excluding hydrogens is 232 g/mol. The molecule has 2 aliphatic heterocycles. The number of carbonyl (C=O) groups excluding carboxylic acids is 1. The Labute approximate surface area is 108 Å². The summed E-state index contributed by atoms with van der Waals surface area (Å²) in [4.78, 5) is 12.0. The molecule has 0 aromatic heterocycles. The summed E-state index contributed by atoms with van der Waals surface area (Å²) in [5, 5.41) is 3.11. The number of amides is 1. The van der Waals surface area contributed by atoms with E-state index in [4.69, 9.17) is 15.2 Å². The van der Waals surface area contributed by atoms with Crippen molar-refractivity contribution in [1.29, 1.82) is 0 Å². The van der Waals surface area contributed by atoms with Gasteiger partial charge in [-0.2, -0.15) is 0 Å². The van der Waals surface area contributed by atoms with Crippen molar-refractivity contribution in [3.63, 3.8) is 0 Å². The van der Waals surface area contributed by atoms with E-state index in [0.29, 0.717) is 26.2 Å². The highest BCUT2D eigenvalue weighted by molar-refractivity contribution is 5.76. The van der Waals surface area contributed by atoms with Crippen molar-refractivity contribution >= 4 is 5.91 Å². The molecule has 1 atom stereocenters. The van der Waals surface area contributed by atoms with Gasteiger partial charge in [0.05, 0.1) is 11.6 Å². The maximum Gasteiger partial charge on any atom is 0.220 e. The maximum absolute atomic E-state index is 12.0. The normalized spacial score (nSPS) is 27.1. The Morgan fingerprint density at radius 3 is 2.72 bits per heavy atom. The topological polar surface area (TPSA) is 73.6 Å². The highest BCUT2D eigenvalue weighted by atomic mass is 16.5. The molecule has 1 unspecified atom stereocenters.